The fourth-order valence-electron chi connectivity index (χ4n) is 2.41. The van der Waals surface area contributed by atoms with Crippen LogP contribution in [0.3, 0.4) is 0 Å². The van der Waals surface area contributed by atoms with Crippen LogP contribution in [-0.4, -0.2) is 35.9 Å². The molecular formula is C18H27BrIN5. The summed E-state index contributed by atoms with van der Waals surface area (Å²) in [6.07, 6.45) is 4.78. The normalized spacial score (nSPS) is 11.8. The molecule has 0 fully saturated rings. The highest BCUT2D eigenvalue weighted by atomic mass is 127. The minimum atomic E-state index is 0. The second kappa shape index (κ2) is 10.8. The van der Waals surface area contributed by atoms with Crippen LogP contribution in [0.4, 0.5) is 0 Å². The lowest BCUT2D eigenvalue weighted by molar-refractivity contribution is 0.506. The zero-order valence-electron chi connectivity index (χ0n) is 15.0. The molecular weight excluding hydrogens is 493 g/mol. The van der Waals surface area contributed by atoms with Gasteiger partial charge >= 0.3 is 0 Å². The number of nitrogens with zero attached hydrogens (tertiary/aromatic N) is 3. The fraction of sp³-hybridized carbons (Fsp3) is 0.444. The molecule has 0 unspecified atom stereocenters. The molecule has 2 aromatic rings. The van der Waals surface area contributed by atoms with Crippen molar-refractivity contribution in [3.05, 3.63) is 52.8 Å². The SMILES string of the molecule is CN=C(NCCCn1cccn1)NCC(C)(C)c1ccc(Br)cc1.I. The summed E-state index contributed by atoms with van der Waals surface area (Å²) in [6.45, 7) is 7.04. The zero-order chi connectivity index (χ0) is 17.4. The Kier molecular flexibility index (Phi) is 9.48. The van der Waals surface area contributed by atoms with E-state index in [0.29, 0.717) is 0 Å². The molecule has 0 radical (unpaired) electrons. The molecule has 0 bridgehead atoms. The van der Waals surface area contributed by atoms with Crippen molar-refractivity contribution in [1.29, 1.82) is 0 Å². The van der Waals surface area contributed by atoms with Crippen molar-refractivity contribution < 1.29 is 0 Å². The predicted molar refractivity (Wildman–Crippen MR) is 119 cm³/mol. The Labute approximate surface area is 175 Å². The third-order valence-corrected chi connectivity index (χ3v) is 4.49. The Morgan fingerprint density at radius 1 is 1.24 bits per heavy atom. The number of aryl methyl sites for hydroxylation is 1. The molecule has 2 N–H and O–H groups in total. The zero-order valence-corrected chi connectivity index (χ0v) is 18.9. The first kappa shape index (κ1) is 22.0. The lowest BCUT2D eigenvalue weighted by atomic mass is 9.85. The van der Waals surface area contributed by atoms with Gasteiger partial charge in [0.2, 0.25) is 0 Å². The molecule has 0 aliphatic rings. The monoisotopic (exact) mass is 519 g/mol. The second-order valence-electron chi connectivity index (χ2n) is 6.37. The first-order valence-electron chi connectivity index (χ1n) is 8.19. The number of rotatable bonds is 7. The van der Waals surface area contributed by atoms with E-state index in [9.17, 15) is 0 Å². The van der Waals surface area contributed by atoms with Crippen LogP contribution in [0.2, 0.25) is 0 Å². The molecule has 2 rings (SSSR count). The molecule has 1 aromatic carbocycles. The number of aromatic nitrogens is 2. The number of nitrogens with one attached hydrogen (secondary N) is 2. The van der Waals surface area contributed by atoms with E-state index in [1.54, 1.807) is 13.2 Å². The first-order chi connectivity index (χ1) is 11.5. The molecule has 0 saturated carbocycles. The maximum atomic E-state index is 4.30. The van der Waals surface area contributed by atoms with E-state index in [2.05, 4.69) is 74.8 Å². The van der Waals surface area contributed by atoms with Gasteiger partial charge in [-0.1, -0.05) is 41.9 Å². The lowest BCUT2D eigenvalue weighted by Crippen LogP contribution is -2.43. The van der Waals surface area contributed by atoms with Crippen molar-refractivity contribution in [1.82, 2.24) is 20.4 Å². The Morgan fingerprint density at radius 2 is 1.96 bits per heavy atom. The summed E-state index contributed by atoms with van der Waals surface area (Å²) in [6, 6.07) is 10.4. The van der Waals surface area contributed by atoms with Gasteiger partial charge in [0.1, 0.15) is 0 Å². The Bertz CT molecular complexity index is 638. The summed E-state index contributed by atoms with van der Waals surface area (Å²) in [5, 5.41) is 11.0. The highest BCUT2D eigenvalue weighted by Gasteiger charge is 2.20. The van der Waals surface area contributed by atoms with Crippen molar-refractivity contribution >= 4 is 45.9 Å². The minimum absolute atomic E-state index is 0. The van der Waals surface area contributed by atoms with E-state index in [1.165, 1.54) is 5.56 Å². The van der Waals surface area contributed by atoms with Gasteiger partial charge in [-0.15, -0.1) is 24.0 Å². The standard InChI is InChI=1S/C18H26BrN5.HI/c1-18(2,15-6-8-16(19)9-7-15)14-22-17(20-3)21-10-4-12-24-13-5-11-23-24;/h5-9,11,13H,4,10,12,14H2,1-3H3,(H2,20,21,22);1H. The summed E-state index contributed by atoms with van der Waals surface area (Å²) < 4.78 is 3.04. The highest BCUT2D eigenvalue weighted by molar-refractivity contribution is 14.0. The van der Waals surface area contributed by atoms with E-state index in [4.69, 9.17) is 0 Å². The van der Waals surface area contributed by atoms with Gasteiger partial charge in [-0.05, 0) is 30.2 Å². The molecule has 1 heterocycles. The van der Waals surface area contributed by atoms with Crippen LogP contribution in [0.25, 0.3) is 0 Å². The smallest absolute Gasteiger partial charge is 0.191 e. The molecule has 138 valence electrons. The Balaban J connectivity index is 0.00000312. The molecule has 0 spiro atoms. The van der Waals surface area contributed by atoms with E-state index < -0.39 is 0 Å². The molecule has 0 amide bonds. The minimum Gasteiger partial charge on any atom is -0.356 e. The maximum Gasteiger partial charge on any atom is 0.191 e. The summed E-state index contributed by atoms with van der Waals surface area (Å²) in [4.78, 5) is 4.30. The van der Waals surface area contributed by atoms with Gasteiger partial charge in [0.15, 0.2) is 5.96 Å². The number of halogens is 2. The third-order valence-electron chi connectivity index (χ3n) is 3.96. The predicted octanol–water partition coefficient (Wildman–Crippen LogP) is 3.80. The molecule has 5 nitrogen and oxygen atoms in total. The van der Waals surface area contributed by atoms with Gasteiger partial charge in [-0.25, -0.2) is 0 Å². The van der Waals surface area contributed by atoms with Gasteiger partial charge in [-0.3, -0.25) is 9.67 Å². The number of aliphatic imine (C=N–C) groups is 1. The number of hydrogen-bond acceptors (Lipinski definition) is 2. The van der Waals surface area contributed by atoms with E-state index in [-0.39, 0.29) is 29.4 Å². The highest BCUT2D eigenvalue weighted by Crippen LogP contribution is 2.23. The Hall–Kier alpha value is -1.09. The van der Waals surface area contributed by atoms with Gasteiger partial charge < -0.3 is 10.6 Å². The van der Waals surface area contributed by atoms with Crippen LogP contribution in [0.15, 0.2) is 52.2 Å². The van der Waals surface area contributed by atoms with Gasteiger partial charge in [0.05, 0.1) is 0 Å². The van der Waals surface area contributed by atoms with Crippen molar-refractivity contribution in [2.75, 3.05) is 20.1 Å². The van der Waals surface area contributed by atoms with Crippen molar-refractivity contribution in [3.63, 3.8) is 0 Å². The number of benzene rings is 1. The van der Waals surface area contributed by atoms with Crippen molar-refractivity contribution in [2.45, 2.75) is 32.2 Å². The average Bonchev–Trinajstić information content (AvgIpc) is 3.08. The van der Waals surface area contributed by atoms with Gasteiger partial charge in [0.25, 0.3) is 0 Å². The van der Waals surface area contributed by atoms with Gasteiger partial charge in [-0.2, -0.15) is 5.10 Å². The first-order valence-corrected chi connectivity index (χ1v) is 8.98. The van der Waals surface area contributed by atoms with Crippen LogP contribution in [-0.2, 0) is 12.0 Å². The molecule has 0 aliphatic heterocycles. The van der Waals surface area contributed by atoms with E-state index in [1.807, 2.05) is 16.9 Å². The fourth-order valence-corrected chi connectivity index (χ4v) is 2.67. The summed E-state index contributed by atoms with van der Waals surface area (Å²) >= 11 is 3.48. The van der Waals surface area contributed by atoms with Crippen LogP contribution in [0.5, 0.6) is 0 Å². The van der Waals surface area contributed by atoms with Crippen LogP contribution >= 0.6 is 39.9 Å². The topological polar surface area (TPSA) is 54.2 Å². The summed E-state index contributed by atoms with van der Waals surface area (Å²) in [5.74, 6) is 0.834. The quantitative estimate of drug-likeness (QED) is 0.253. The molecule has 25 heavy (non-hydrogen) atoms. The van der Waals surface area contributed by atoms with Crippen molar-refractivity contribution in [2.24, 2.45) is 4.99 Å². The number of guanidine groups is 1. The maximum absolute atomic E-state index is 4.30. The van der Waals surface area contributed by atoms with Gasteiger partial charge in [0, 0.05) is 49.0 Å². The van der Waals surface area contributed by atoms with Crippen molar-refractivity contribution in [3.8, 4) is 0 Å². The van der Waals surface area contributed by atoms with Crippen LogP contribution in [0.1, 0.15) is 25.8 Å². The molecule has 1 aromatic heterocycles. The Morgan fingerprint density at radius 3 is 2.56 bits per heavy atom. The average molecular weight is 520 g/mol. The molecule has 0 atom stereocenters. The second-order valence-corrected chi connectivity index (χ2v) is 7.28. The lowest BCUT2D eigenvalue weighted by Gasteiger charge is -2.27. The number of hydrogen-bond donors (Lipinski definition) is 2. The third kappa shape index (κ3) is 7.35. The van der Waals surface area contributed by atoms with Crippen LogP contribution in [0, 0.1) is 0 Å². The largest absolute Gasteiger partial charge is 0.356 e. The molecule has 0 aliphatic carbocycles. The van der Waals surface area contributed by atoms with Crippen LogP contribution < -0.4 is 10.6 Å². The molecule has 7 heteroatoms. The summed E-state index contributed by atoms with van der Waals surface area (Å²) in [5.41, 5.74) is 1.32. The summed E-state index contributed by atoms with van der Waals surface area (Å²) in [7, 11) is 1.80. The molecule has 0 saturated heterocycles. The van der Waals surface area contributed by atoms with E-state index >= 15 is 0 Å². The van der Waals surface area contributed by atoms with E-state index in [0.717, 1.165) is 36.5 Å².